The summed E-state index contributed by atoms with van der Waals surface area (Å²) in [6.45, 7) is 1.39. The Morgan fingerprint density at radius 2 is 1.79 bits per heavy atom. The van der Waals surface area contributed by atoms with Gasteiger partial charge in [-0.15, -0.1) is 0 Å². The van der Waals surface area contributed by atoms with Crippen molar-refractivity contribution in [3.8, 4) is 0 Å². The lowest BCUT2D eigenvalue weighted by Gasteiger charge is -2.34. The van der Waals surface area contributed by atoms with Gasteiger partial charge in [0.05, 0.1) is 23.3 Å². The molecule has 100 valence electrons. The van der Waals surface area contributed by atoms with Crippen LogP contribution < -0.4 is 5.32 Å². The van der Waals surface area contributed by atoms with Crippen molar-refractivity contribution in [1.29, 1.82) is 0 Å². The third kappa shape index (κ3) is 1.95. The van der Waals surface area contributed by atoms with E-state index in [-0.39, 0.29) is 24.0 Å². The summed E-state index contributed by atoms with van der Waals surface area (Å²) in [5.41, 5.74) is 1.01. The molecule has 0 radical (unpaired) electrons. The molecule has 0 unspecified atom stereocenters. The summed E-state index contributed by atoms with van der Waals surface area (Å²) in [6, 6.07) is 6.85. The zero-order valence-electron chi connectivity index (χ0n) is 10.8. The summed E-state index contributed by atoms with van der Waals surface area (Å²) in [6.07, 6.45) is 0.734. The van der Waals surface area contributed by atoms with E-state index in [1.165, 1.54) is 4.90 Å². The number of fused-ring (bicyclic) bond motifs is 1. The lowest BCUT2D eigenvalue weighted by molar-refractivity contribution is 0.0326. The highest BCUT2D eigenvalue weighted by Crippen LogP contribution is 2.26. The molecule has 2 aliphatic rings. The number of nitrogens with one attached hydrogen (secondary N) is 1. The molecule has 5 heteroatoms. The maximum Gasteiger partial charge on any atom is 0.261 e. The topological polar surface area (TPSA) is 58.6 Å². The average molecular weight is 260 g/mol. The summed E-state index contributed by atoms with van der Waals surface area (Å²) in [5, 5.41) is 3.21. The van der Waals surface area contributed by atoms with Crippen LogP contribution >= 0.6 is 0 Å². The zero-order chi connectivity index (χ0) is 13.4. The third-order valence-corrected chi connectivity index (χ3v) is 3.81. The lowest BCUT2D eigenvalue weighted by atomic mass is 10.0. The van der Waals surface area contributed by atoms with Crippen LogP contribution in [0.3, 0.4) is 0 Å². The van der Waals surface area contributed by atoms with Gasteiger partial charge in [-0.3, -0.25) is 14.5 Å². The predicted molar refractivity (Wildman–Crippen MR) is 69.0 cm³/mol. The molecule has 3 rings (SSSR count). The first-order valence-electron chi connectivity index (χ1n) is 6.43. The van der Waals surface area contributed by atoms with Gasteiger partial charge in [-0.25, -0.2) is 0 Å². The van der Waals surface area contributed by atoms with E-state index >= 15 is 0 Å². The monoisotopic (exact) mass is 260 g/mol. The Morgan fingerprint density at radius 3 is 2.37 bits per heavy atom. The minimum Gasteiger partial charge on any atom is -0.380 e. The van der Waals surface area contributed by atoms with Crippen molar-refractivity contribution in [2.24, 2.45) is 0 Å². The summed E-state index contributed by atoms with van der Waals surface area (Å²) in [4.78, 5) is 26.1. The Labute approximate surface area is 111 Å². The number of hydrogen-bond donors (Lipinski definition) is 1. The molecule has 0 spiro atoms. The van der Waals surface area contributed by atoms with Crippen LogP contribution in [0.15, 0.2) is 24.3 Å². The van der Waals surface area contributed by atoms with Crippen molar-refractivity contribution in [2.45, 2.75) is 18.6 Å². The number of carbonyl (C=O) groups is 2. The molecule has 19 heavy (non-hydrogen) atoms. The molecular formula is C14H16N2O3. The van der Waals surface area contributed by atoms with Gasteiger partial charge in [0.1, 0.15) is 0 Å². The number of methoxy groups -OCH3 is 1. The number of benzene rings is 1. The molecule has 2 amide bonds. The molecule has 2 atom stereocenters. The molecule has 0 saturated carbocycles. The minimum absolute atomic E-state index is 0.0445. The van der Waals surface area contributed by atoms with Crippen LogP contribution in [0.1, 0.15) is 27.1 Å². The van der Waals surface area contributed by atoms with E-state index in [1.54, 1.807) is 31.4 Å². The average Bonchev–Trinajstić information content (AvgIpc) is 2.72. The van der Waals surface area contributed by atoms with Crippen LogP contribution in [0.5, 0.6) is 0 Å². The molecule has 0 bridgehead atoms. The van der Waals surface area contributed by atoms with E-state index < -0.39 is 0 Å². The number of carbonyl (C=O) groups excluding carboxylic acids is 2. The Bertz CT molecular complexity index is 494. The fraction of sp³-hybridized carbons (Fsp3) is 0.429. The van der Waals surface area contributed by atoms with Crippen LogP contribution in [-0.4, -0.2) is 49.1 Å². The van der Waals surface area contributed by atoms with E-state index in [1.807, 2.05) is 0 Å². The molecule has 0 aromatic heterocycles. The molecule has 1 saturated heterocycles. The quantitative estimate of drug-likeness (QED) is 0.794. The number of nitrogens with zero attached hydrogens (tertiary/aromatic N) is 1. The lowest BCUT2D eigenvalue weighted by Crippen LogP contribution is -2.53. The first kappa shape index (κ1) is 12.3. The van der Waals surface area contributed by atoms with Gasteiger partial charge in [-0.05, 0) is 18.6 Å². The van der Waals surface area contributed by atoms with E-state index in [9.17, 15) is 9.59 Å². The van der Waals surface area contributed by atoms with Gasteiger partial charge in [0.25, 0.3) is 11.8 Å². The predicted octanol–water partition coefficient (Wildman–Crippen LogP) is 0.659. The van der Waals surface area contributed by atoms with Crippen LogP contribution in [0.4, 0.5) is 0 Å². The number of rotatable bonds is 2. The smallest absolute Gasteiger partial charge is 0.261 e. The molecule has 1 aromatic carbocycles. The standard InChI is InChI=1S/C14H16N2O3/c1-19-10-6-9(7-15-8-10)16-13(17)11-4-2-3-5-12(11)14(16)18/h2-5,9-10,15H,6-8H2,1H3/t9-,10-/m1/s1. The largest absolute Gasteiger partial charge is 0.380 e. The van der Waals surface area contributed by atoms with Gasteiger partial charge in [0.15, 0.2) is 0 Å². The van der Waals surface area contributed by atoms with Crippen molar-refractivity contribution in [3.63, 3.8) is 0 Å². The summed E-state index contributed by atoms with van der Waals surface area (Å²) < 4.78 is 5.32. The van der Waals surface area contributed by atoms with Crippen molar-refractivity contribution >= 4 is 11.8 Å². The third-order valence-electron chi connectivity index (χ3n) is 3.81. The molecule has 2 heterocycles. The van der Waals surface area contributed by atoms with Crippen molar-refractivity contribution in [3.05, 3.63) is 35.4 Å². The number of imide groups is 1. The van der Waals surface area contributed by atoms with Crippen LogP contribution in [0.25, 0.3) is 0 Å². The van der Waals surface area contributed by atoms with Gasteiger partial charge >= 0.3 is 0 Å². The Balaban J connectivity index is 1.87. The first-order valence-corrected chi connectivity index (χ1v) is 6.43. The SMILES string of the molecule is CO[C@H]1CNC[C@H](N2C(=O)c3ccccc3C2=O)C1. The number of ether oxygens (including phenoxy) is 1. The van der Waals surface area contributed by atoms with Gasteiger partial charge in [0, 0.05) is 20.2 Å². The summed E-state index contributed by atoms with van der Waals surface area (Å²) >= 11 is 0. The minimum atomic E-state index is -0.191. The normalized spacial score (nSPS) is 26.7. The highest BCUT2D eigenvalue weighted by molar-refractivity contribution is 6.21. The second-order valence-corrected chi connectivity index (χ2v) is 4.93. The van der Waals surface area contributed by atoms with Gasteiger partial charge < -0.3 is 10.1 Å². The second kappa shape index (κ2) is 4.75. The maximum absolute atomic E-state index is 12.3. The van der Waals surface area contributed by atoms with Crippen LogP contribution in [0.2, 0.25) is 0 Å². The number of piperidine rings is 1. The Kier molecular flexibility index (Phi) is 3.08. The summed E-state index contributed by atoms with van der Waals surface area (Å²) in [5.74, 6) is -0.381. The highest BCUT2D eigenvalue weighted by Gasteiger charge is 2.41. The zero-order valence-corrected chi connectivity index (χ0v) is 10.8. The molecule has 0 aliphatic carbocycles. The fourth-order valence-corrected chi connectivity index (χ4v) is 2.80. The number of hydrogen-bond acceptors (Lipinski definition) is 4. The van der Waals surface area contributed by atoms with Crippen molar-refractivity contribution in [1.82, 2.24) is 10.2 Å². The summed E-state index contributed by atoms with van der Waals surface area (Å²) in [7, 11) is 1.65. The molecule has 2 aliphatic heterocycles. The van der Waals surface area contributed by atoms with Gasteiger partial charge in [-0.2, -0.15) is 0 Å². The first-order chi connectivity index (χ1) is 9.22. The van der Waals surface area contributed by atoms with Crippen molar-refractivity contribution < 1.29 is 14.3 Å². The molecule has 1 N–H and O–H groups in total. The molecule has 1 fully saturated rings. The molecule has 5 nitrogen and oxygen atoms in total. The Morgan fingerprint density at radius 1 is 1.16 bits per heavy atom. The van der Waals surface area contributed by atoms with Crippen LogP contribution in [0, 0.1) is 0 Å². The number of amides is 2. The highest BCUT2D eigenvalue weighted by atomic mass is 16.5. The van der Waals surface area contributed by atoms with E-state index in [0.29, 0.717) is 24.1 Å². The fourth-order valence-electron chi connectivity index (χ4n) is 2.80. The van der Waals surface area contributed by atoms with E-state index in [4.69, 9.17) is 4.74 Å². The maximum atomic E-state index is 12.3. The molecule has 1 aromatic rings. The Hall–Kier alpha value is -1.72. The van der Waals surface area contributed by atoms with E-state index in [2.05, 4.69) is 5.32 Å². The van der Waals surface area contributed by atoms with Crippen molar-refractivity contribution in [2.75, 3.05) is 20.2 Å². The van der Waals surface area contributed by atoms with E-state index in [0.717, 1.165) is 6.54 Å². The van der Waals surface area contributed by atoms with Crippen LogP contribution in [-0.2, 0) is 4.74 Å². The van der Waals surface area contributed by atoms with Gasteiger partial charge in [-0.1, -0.05) is 12.1 Å². The molecular weight excluding hydrogens is 244 g/mol. The van der Waals surface area contributed by atoms with Gasteiger partial charge in [0.2, 0.25) is 0 Å². The second-order valence-electron chi connectivity index (χ2n) is 4.93.